The zero-order valence-corrected chi connectivity index (χ0v) is 9.89. The molecular weight excluding hydrogens is 234 g/mol. The van der Waals surface area contributed by atoms with Gasteiger partial charge in [-0.2, -0.15) is 12.7 Å². The number of hydrogen-bond donors (Lipinski definition) is 3. The van der Waals surface area contributed by atoms with Gasteiger partial charge in [0.15, 0.2) is 5.84 Å². The minimum absolute atomic E-state index is 0.115. The molecule has 0 radical (unpaired) electrons. The summed E-state index contributed by atoms with van der Waals surface area (Å²) < 4.78 is 23.3. The maximum absolute atomic E-state index is 11.0. The van der Waals surface area contributed by atoms with Crippen molar-refractivity contribution in [3.05, 3.63) is 0 Å². The maximum Gasteiger partial charge on any atom is 0.276 e. The van der Waals surface area contributed by atoms with Crippen molar-refractivity contribution < 1.29 is 13.6 Å². The van der Waals surface area contributed by atoms with Crippen LogP contribution >= 0.6 is 0 Å². The van der Waals surface area contributed by atoms with Crippen LogP contribution in [0.25, 0.3) is 0 Å². The molecular formula is C7H17N5O3S. The van der Waals surface area contributed by atoms with Crippen LogP contribution in [0.1, 0.15) is 6.92 Å². The number of nitrogens with zero attached hydrogens (tertiary/aromatic N) is 3. The monoisotopic (exact) mass is 251 g/mol. The van der Waals surface area contributed by atoms with E-state index in [0.29, 0.717) is 26.2 Å². The van der Waals surface area contributed by atoms with Gasteiger partial charge in [-0.3, -0.25) is 4.90 Å². The quantitative estimate of drug-likeness (QED) is 0.230. The van der Waals surface area contributed by atoms with E-state index in [-0.39, 0.29) is 11.9 Å². The van der Waals surface area contributed by atoms with Crippen molar-refractivity contribution in [3.63, 3.8) is 0 Å². The highest BCUT2D eigenvalue weighted by molar-refractivity contribution is 7.86. The van der Waals surface area contributed by atoms with Gasteiger partial charge in [0.05, 0.1) is 6.04 Å². The SMILES string of the molecule is CC(C(N)=NO)N1CCN(S(N)(=O)=O)CC1. The lowest BCUT2D eigenvalue weighted by atomic mass is 10.2. The molecule has 0 aromatic rings. The molecule has 1 heterocycles. The second-order valence-electron chi connectivity index (χ2n) is 3.68. The Labute approximate surface area is 94.7 Å². The smallest absolute Gasteiger partial charge is 0.276 e. The van der Waals surface area contributed by atoms with Crippen LogP contribution in [0.4, 0.5) is 0 Å². The molecule has 1 saturated heterocycles. The highest BCUT2D eigenvalue weighted by Crippen LogP contribution is 2.08. The third-order valence-corrected chi connectivity index (χ3v) is 3.81. The number of hydrogen-bond acceptors (Lipinski definition) is 5. The molecule has 0 aliphatic carbocycles. The molecule has 0 aromatic carbocycles. The van der Waals surface area contributed by atoms with Gasteiger partial charge in [0.25, 0.3) is 10.2 Å². The Morgan fingerprint density at radius 3 is 2.25 bits per heavy atom. The van der Waals surface area contributed by atoms with Crippen LogP contribution in [0.15, 0.2) is 5.16 Å². The Kier molecular flexibility index (Phi) is 4.08. The van der Waals surface area contributed by atoms with E-state index in [0.717, 1.165) is 0 Å². The summed E-state index contributed by atoms with van der Waals surface area (Å²) in [6.45, 7) is 3.45. The number of oxime groups is 1. The predicted octanol–water partition coefficient (Wildman–Crippen LogP) is -2.06. The van der Waals surface area contributed by atoms with Gasteiger partial charge in [-0.05, 0) is 6.92 Å². The van der Waals surface area contributed by atoms with Gasteiger partial charge in [0.2, 0.25) is 0 Å². The molecule has 1 fully saturated rings. The van der Waals surface area contributed by atoms with Gasteiger partial charge in [-0.25, -0.2) is 5.14 Å². The average molecular weight is 251 g/mol. The molecule has 8 nitrogen and oxygen atoms in total. The summed E-state index contributed by atoms with van der Waals surface area (Å²) in [5.74, 6) is 0.115. The molecule has 1 aliphatic heterocycles. The van der Waals surface area contributed by atoms with Crippen LogP contribution in [0.2, 0.25) is 0 Å². The Morgan fingerprint density at radius 1 is 1.38 bits per heavy atom. The van der Waals surface area contributed by atoms with E-state index in [1.54, 1.807) is 6.92 Å². The summed E-state index contributed by atoms with van der Waals surface area (Å²) in [5.41, 5.74) is 5.47. The van der Waals surface area contributed by atoms with E-state index < -0.39 is 10.2 Å². The topological polar surface area (TPSA) is 125 Å². The summed E-state index contributed by atoms with van der Waals surface area (Å²) >= 11 is 0. The van der Waals surface area contributed by atoms with Crippen molar-refractivity contribution in [2.24, 2.45) is 16.0 Å². The van der Waals surface area contributed by atoms with Gasteiger partial charge in [0.1, 0.15) is 0 Å². The first kappa shape index (κ1) is 13.2. The first-order chi connectivity index (χ1) is 7.36. The van der Waals surface area contributed by atoms with Crippen LogP contribution in [-0.4, -0.2) is 60.9 Å². The summed E-state index contributed by atoms with van der Waals surface area (Å²) in [6, 6.07) is -0.215. The molecule has 0 spiro atoms. The molecule has 1 atom stereocenters. The predicted molar refractivity (Wildman–Crippen MR) is 59.1 cm³/mol. The lowest BCUT2D eigenvalue weighted by Crippen LogP contribution is -2.55. The summed E-state index contributed by atoms with van der Waals surface area (Å²) in [4.78, 5) is 1.93. The summed E-state index contributed by atoms with van der Waals surface area (Å²) in [6.07, 6.45) is 0. The van der Waals surface area contributed by atoms with Crippen molar-refractivity contribution in [2.45, 2.75) is 13.0 Å². The first-order valence-corrected chi connectivity index (χ1v) is 6.36. The molecule has 9 heteroatoms. The van der Waals surface area contributed by atoms with E-state index in [1.807, 2.05) is 4.90 Å². The molecule has 1 aliphatic rings. The molecule has 0 amide bonds. The van der Waals surface area contributed by atoms with Gasteiger partial charge in [-0.15, -0.1) is 0 Å². The summed E-state index contributed by atoms with van der Waals surface area (Å²) in [7, 11) is -3.61. The second-order valence-corrected chi connectivity index (χ2v) is 5.23. The highest BCUT2D eigenvalue weighted by Gasteiger charge is 2.27. The van der Waals surface area contributed by atoms with Gasteiger partial charge in [0, 0.05) is 26.2 Å². The zero-order chi connectivity index (χ0) is 12.3. The standard InChI is InChI=1S/C7H17N5O3S/c1-6(7(8)10-13)11-2-4-12(5-3-11)16(9,14)15/h6,13H,2-5H2,1H3,(H2,8,10)(H2,9,14,15). The lowest BCUT2D eigenvalue weighted by molar-refractivity contribution is 0.171. The Balaban J connectivity index is 2.56. The fourth-order valence-corrected chi connectivity index (χ4v) is 2.29. The van der Waals surface area contributed by atoms with E-state index >= 15 is 0 Å². The minimum Gasteiger partial charge on any atom is -0.409 e. The van der Waals surface area contributed by atoms with Crippen LogP contribution in [0.3, 0.4) is 0 Å². The first-order valence-electron chi connectivity index (χ1n) is 4.85. The highest BCUT2D eigenvalue weighted by atomic mass is 32.2. The molecule has 0 aromatic heterocycles. The van der Waals surface area contributed by atoms with Crippen LogP contribution in [0.5, 0.6) is 0 Å². The molecule has 94 valence electrons. The third kappa shape index (κ3) is 3.04. The van der Waals surface area contributed by atoms with Crippen molar-refractivity contribution in [3.8, 4) is 0 Å². The van der Waals surface area contributed by atoms with Crippen molar-refractivity contribution >= 4 is 16.0 Å². The van der Waals surface area contributed by atoms with E-state index in [9.17, 15) is 8.42 Å². The Morgan fingerprint density at radius 2 is 1.88 bits per heavy atom. The number of nitrogens with two attached hydrogens (primary N) is 2. The van der Waals surface area contributed by atoms with E-state index in [4.69, 9.17) is 16.1 Å². The third-order valence-electron chi connectivity index (χ3n) is 2.72. The van der Waals surface area contributed by atoms with Gasteiger partial charge in [-0.1, -0.05) is 5.16 Å². The molecule has 16 heavy (non-hydrogen) atoms. The number of piperazine rings is 1. The fourth-order valence-electron chi connectivity index (χ4n) is 1.62. The van der Waals surface area contributed by atoms with Crippen LogP contribution < -0.4 is 10.9 Å². The Hall–Kier alpha value is -0.900. The average Bonchev–Trinajstić information content (AvgIpc) is 2.26. The second kappa shape index (κ2) is 4.95. The van der Waals surface area contributed by atoms with Crippen LogP contribution in [-0.2, 0) is 10.2 Å². The normalized spacial score (nSPS) is 23.2. The maximum atomic E-state index is 11.0. The van der Waals surface area contributed by atoms with E-state index in [1.165, 1.54) is 4.31 Å². The van der Waals surface area contributed by atoms with Crippen molar-refractivity contribution in [1.82, 2.24) is 9.21 Å². The number of amidine groups is 1. The molecule has 1 rings (SSSR count). The van der Waals surface area contributed by atoms with Gasteiger partial charge < -0.3 is 10.9 Å². The minimum atomic E-state index is -3.61. The molecule has 5 N–H and O–H groups in total. The van der Waals surface area contributed by atoms with Gasteiger partial charge >= 0.3 is 0 Å². The zero-order valence-electron chi connectivity index (χ0n) is 9.07. The molecule has 0 bridgehead atoms. The van der Waals surface area contributed by atoms with Crippen molar-refractivity contribution in [1.29, 1.82) is 0 Å². The fraction of sp³-hybridized carbons (Fsp3) is 0.857. The molecule has 1 unspecified atom stereocenters. The lowest BCUT2D eigenvalue weighted by Gasteiger charge is -2.35. The Bertz CT molecular complexity index is 360. The summed E-state index contributed by atoms with van der Waals surface area (Å²) in [5, 5.41) is 16.5. The van der Waals surface area contributed by atoms with Crippen LogP contribution in [0, 0.1) is 0 Å². The molecule has 0 saturated carbocycles. The number of rotatable bonds is 3. The van der Waals surface area contributed by atoms with Crippen molar-refractivity contribution in [2.75, 3.05) is 26.2 Å². The largest absolute Gasteiger partial charge is 0.409 e. The van der Waals surface area contributed by atoms with E-state index in [2.05, 4.69) is 5.16 Å².